The molecule has 0 radical (unpaired) electrons. The van der Waals surface area contributed by atoms with Gasteiger partial charge in [-0.3, -0.25) is 0 Å². The minimum Gasteiger partial charge on any atom is -0.508 e. The molecule has 5 rings (SSSR count). The van der Waals surface area contributed by atoms with Gasteiger partial charge in [0, 0.05) is 15.6 Å². The highest BCUT2D eigenvalue weighted by Gasteiger charge is 2.36. The minimum absolute atomic E-state index is 0.00990. The molecule has 2 atom stereocenters. The monoisotopic (exact) mass is 458 g/mol. The molecule has 0 amide bonds. The molecule has 0 aromatic heterocycles. The molecular formula is C28H20Cl2O2. The van der Waals surface area contributed by atoms with Crippen molar-refractivity contribution in [2.75, 3.05) is 0 Å². The Hall–Kier alpha value is -3.20. The van der Waals surface area contributed by atoms with Crippen LogP contribution in [-0.2, 0) is 0 Å². The summed E-state index contributed by atoms with van der Waals surface area (Å²) in [5.41, 5.74) is 5.45. The van der Waals surface area contributed by atoms with Crippen molar-refractivity contribution in [1.29, 1.82) is 0 Å². The SMILES string of the molecule is Oc1ccc(C2Oc3ccc(/C=C/c4ccc(Cl)cc4)cc3C2c2ccc(Cl)cc2)cc1. The van der Waals surface area contributed by atoms with Crippen LogP contribution in [0.2, 0.25) is 10.0 Å². The van der Waals surface area contributed by atoms with E-state index in [0.29, 0.717) is 5.02 Å². The predicted octanol–water partition coefficient (Wildman–Crippen LogP) is 8.14. The zero-order chi connectivity index (χ0) is 22.1. The predicted molar refractivity (Wildman–Crippen MR) is 132 cm³/mol. The van der Waals surface area contributed by atoms with Gasteiger partial charge in [0.05, 0.1) is 5.92 Å². The summed E-state index contributed by atoms with van der Waals surface area (Å²) in [6.07, 6.45) is 3.97. The van der Waals surface area contributed by atoms with Crippen LogP contribution in [0, 0.1) is 0 Å². The number of phenols is 1. The largest absolute Gasteiger partial charge is 0.508 e. The van der Waals surface area contributed by atoms with Crippen molar-refractivity contribution in [3.8, 4) is 11.5 Å². The van der Waals surface area contributed by atoms with Gasteiger partial charge in [-0.1, -0.05) is 77.8 Å². The molecule has 2 nitrogen and oxygen atoms in total. The number of rotatable bonds is 4. The van der Waals surface area contributed by atoms with E-state index in [0.717, 1.165) is 38.6 Å². The Balaban J connectivity index is 1.53. The molecule has 4 heteroatoms. The summed E-state index contributed by atoms with van der Waals surface area (Å²) in [6.45, 7) is 0. The lowest BCUT2D eigenvalue weighted by Gasteiger charge is -2.20. The van der Waals surface area contributed by atoms with Crippen LogP contribution in [0.1, 0.15) is 39.8 Å². The number of halogens is 2. The topological polar surface area (TPSA) is 29.5 Å². The van der Waals surface area contributed by atoms with Crippen molar-refractivity contribution >= 4 is 35.4 Å². The Morgan fingerprint density at radius 3 is 1.91 bits per heavy atom. The van der Waals surface area contributed by atoms with Gasteiger partial charge >= 0.3 is 0 Å². The molecule has 1 N–H and O–H groups in total. The second kappa shape index (κ2) is 8.74. The van der Waals surface area contributed by atoms with E-state index in [2.05, 4.69) is 36.4 Å². The maximum Gasteiger partial charge on any atom is 0.135 e. The van der Waals surface area contributed by atoms with E-state index in [-0.39, 0.29) is 17.8 Å². The summed E-state index contributed by atoms with van der Waals surface area (Å²) in [4.78, 5) is 0. The lowest BCUT2D eigenvalue weighted by molar-refractivity contribution is 0.222. The first-order valence-electron chi connectivity index (χ1n) is 10.4. The van der Waals surface area contributed by atoms with Crippen LogP contribution in [0.3, 0.4) is 0 Å². The van der Waals surface area contributed by atoms with E-state index in [9.17, 15) is 5.11 Å². The molecule has 4 aromatic carbocycles. The quantitative estimate of drug-likeness (QED) is 0.312. The standard InChI is InChI=1S/C28H20Cl2O2/c29-22-10-3-18(4-11-22)1-2-19-5-16-26-25(17-19)27(20-6-12-23(30)13-7-20)28(32-26)21-8-14-24(31)15-9-21/h1-17,27-28,31H/b2-1+. The lowest BCUT2D eigenvalue weighted by atomic mass is 9.84. The lowest BCUT2D eigenvalue weighted by Crippen LogP contribution is -2.11. The Morgan fingerprint density at radius 2 is 1.22 bits per heavy atom. The Bertz CT molecular complexity index is 1260. The normalized spacial score (nSPS) is 17.3. The maximum absolute atomic E-state index is 9.72. The third kappa shape index (κ3) is 4.25. The van der Waals surface area contributed by atoms with Gasteiger partial charge in [-0.05, 0) is 70.8 Å². The number of hydrogen-bond donors (Lipinski definition) is 1. The molecule has 0 saturated carbocycles. The van der Waals surface area contributed by atoms with Crippen molar-refractivity contribution in [3.63, 3.8) is 0 Å². The summed E-state index contributed by atoms with van der Waals surface area (Å²) in [5, 5.41) is 11.1. The second-order valence-corrected chi connectivity index (χ2v) is 8.71. The highest BCUT2D eigenvalue weighted by Crippen LogP contribution is 2.50. The Kier molecular flexibility index (Phi) is 5.65. The fourth-order valence-electron chi connectivity index (χ4n) is 4.10. The molecule has 1 aliphatic heterocycles. The van der Waals surface area contributed by atoms with Crippen molar-refractivity contribution in [2.24, 2.45) is 0 Å². The molecule has 32 heavy (non-hydrogen) atoms. The molecule has 1 aliphatic rings. The van der Waals surface area contributed by atoms with Crippen LogP contribution in [0.4, 0.5) is 0 Å². The molecule has 0 aliphatic carbocycles. The van der Waals surface area contributed by atoms with Gasteiger partial charge < -0.3 is 9.84 Å². The van der Waals surface area contributed by atoms with Crippen molar-refractivity contribution in [2.45, 2.75) is 12.0 Å². The van der Waals surface area contributed by atoms with Crippen LogP contribution >= 0.6 is 23.2 Å². The number of ether oxygens (including phenoxy) is 1. The van der Waals surface area contributed by atoms with Gasteiger partial charge in [0.2, 0.25) is 0 Å². The maximum atomic E-state index is 9.72. The first-order chi connectivity index (χ1) is 15.6. The average molecular weight is 459 g/mol. The first kappa shape index (κ1) is 20.7. The number of aromatic hydroxyl groups is 1. The average Bonchev–Trinajstić information content (AvgIpc) is 3.18. The number of fused-ring (bicyclic) bond motifs is 1. The Morgan fingerprint density at radius 1 is 0.656 bits per heavy atom. The van der Waals surface area contributed by atoms with Crippen molar-refractivity contribution < 1.29 is 9.84 Å². The Labute approximate surface area is 197 Å². The summed E-state index contributed by atoms with van der Waals surface area (Å²) < 4.78 is 6.41. The number of hydrogen-bond acceptors (Lipinski definition) is 2. The van der Waals surface area contributed by atoms with Gasteiger partial charge in [0.25, 0.3) is 0 Å². The van der Waals surface area contributed by atoms with Crippen LogP contribution in [0.15, 0.2) is 91.0 Å². The van der Waals surface area contributed by atoms with Gasteiger partial charge in [0.1, 0.15) is 17.6 Å². The smallest absolute Gasteiger partial charge is 0.135 e. The van der Waals surface area contributed by atoms with Crippen LogP contribution in [0.25, 0.3) is 12.2 Å². The third-order valence-electron chi connectivity index (χ3n) is 5.71. The molecule has 1 heterocycles. The molecule has 0 spiro atoms. The molecule has 0 bridgehead atoms. The molecule has 2 unspecified atom stereocenters. The number of phenolic OH excluding ortho intramolecular Hbond substituents is 1. The van der Waals surface area contributed by atoms with Gasteiger partial charge in [-0.25, -0.2) is 0 Å². The fourth-order valence-corrected chi connectivity index (χ4v) is 4.36. The van der Waals surface area contributed by atoms with Crippen LogP contribution < -0.4 is 4.74 Å². The molecule has 0 fully saturated rings. The fraction of sp³-hybridized carbons (Fsp3) is 0.0714. The van der Waals surface area contributed by atoms with Crippen molar-refractivity contribution in [1.82, 2.24) is 0 Å². The van der Waals surface area contributed by atoms with Crippen molar-refractivity contribution in [3.05, 3.63) is 129 Å². The zero-order valence-corrected chi connectivity index (χ0v) is 18.6. The van der Waals surface area contributed by atoms with E-state index in [1.807, 2.05) is 54.6 Å². The summed E-state index contributed by atoms with van der Waals surface area (Å²) in [7, 11) is 0. The summed E-state index contributed by atoms with van der Waals surface area (Å²) in [6, 6.07) is 29.2. The first-order valence-corrected chi connectivity index (χ1v) is 11.1. The van der Waals surface area contributed by atoms with E-state index >= 15 is 0 Å². The zero-order valence-electron chi connectivity index (χ0n) is 17.1. The van der Waals surface area contributed by atoms with Gasteiger partial charge in [-0.2, -0.15) is 0 Å². The molecule has 0 saturated heterocycles. The minimum atomic E-state index is -0.192. The second-order valence-electron chi connectivity index (χ2n) is 7.84. The van der Waals surface area contributed by atoms with E-state index < -0.39 is 0 Å². The third-order valence-corrected chi connectivity index (χ3v) is 6.22. The molecular weight excluding hydrogens is 439 g/mol. The molecule has 4 aromatic rings. The van der Waals surface area contributed by atoms with E-state index in [1.165, 1.54) is 0 Å². The van der Waals surface area contributed by atoms with E-state index in [1.54, 1.807) is 12.1 Å². The number of benzene rings is 4. The van der Waals surface area contributed by atoms with Gasteiger partial charge in [-0.15, -0.1) is 0 Å². The highest BCUT2D eigenvalue weighted by molar-refractivity contribution is 6.30. The molecule has 158 valence electrons. The summed E-state index contributed by atoms with van der Waals surface area (Å²) >= 11 is 12.1. The van der Waals surface area contributed by atoms with E-state index in [4.69, 9.17) is 27.9 Å². The van der Waals surface area contributed by atoms with Gasteiger partial charge in [0.15, 0.2) is 0 Å². The van der Waals surface area contributed by atoms with Crippen LogP contribution in [-0.4, -0.2) is 5.11 Å². The highest BCUT2D eigenvalue weighted by atomic mass is 35.5. The summed E-state index contributed by atoms with van der Waals surface area (Å²) in [5.74, 6) is 1.12. The van der Waals surface area contributed by atoms with Crippen LogP contribution in [0.5, 0.6) is 11.5 Å².